The van der Waals surface area contributed by atoms with Crippen LogP contribution in [0.15, 0.2) is 27.6 Å². The Balaban J connectivity index is 2.17. The molecule has 21 heavy (non-hydrogen) atoms. The van der Waals surface area contributed by atoms with Crippen molar-refractivity contribution in [3.63, 3.8) is 0 Å². The Hall–Kier alpha value is -0.140. The summed E-state index contributed by atoms with van der Waals surface area (Å²) in [5, 5.41) is 0.506. The third kappa shape index (κ3) is 3.79. The predicted molar refractivity (Wildman–Crippen MR) is 89.2 cm³/mol. The van der Waals surface area contributed by atoms with Gasteiger partial charge in [-0.25, -0.2) is 8.42 Å². The number of halogens is 2. The molecule has 7 heteroatoms. The van der Waals surface area contributed by atoms with Crippen LogP contribution in [-0.4, -0.2) is 49.3 Å². The van der Waals surface area contributed by atoms with Crippen LogP contribution in [-0.2, 0) is 10.0 Å². The Kier molecular flexibility index (Phi) is 5.05. The van der Waals surface area contributed by atoms with Crippen LogP contribution in [0.4, 0.5) is 0 Å². The van der Waals surface area contributed by atoms with Gasteiger partial charge in [0, 0.05) is 36.2 Å². The van der Waals surface area contributed by atoms with Gasteiger partial charge in [0.15, 0.2) is 0 Å². The predicted octanol–water partition coefficient (Wildman–Crippen LogP) is 3.21. The van der Waals surface area contributed by atoms with E-state index in [1.54, 1.807) is 22.5 Å². The fraction of sp³-hybridized carbons (Fsp3) is 0.571. The molecular formula is C14H20BrClN2O2S. The molecule has 1 aliphatic rings. The van der Waals surface area contributed by atoms with Gasteiger partial charge in [-0.3, -0.25) is 4.90 Å². The lowest BCUT2D eigenvalue weighted by molar-refractivity contribution is 0.0922. The van der Waals surface area contributed by atoms with Crippen molar-refractivity contribution in [3.05, 3.63) is 27.7 Å². The van der Waals surface area contributed by atoms with Gasteiger partial charge in [0.25, 0.3) is 0 Å². The van der Waals surface area contributed by atoms with Crippen molar-refractivity contribution >= 4 is 37.6 Å². The van der Waals surface area contributed by atoms with Crippen LogP contribution in [0, 0.1) is 0 Å². The highest BCUT2D eigenvalue weighted by molar-refractivity contribution is 9.10. The van der Waals surface area contributed by atoms with E-state index in [9.17, 15) is 8.42 Å². The molecule has 0 atom stereocenters. The number of piperazine rings is 1. The van der Waals surface area contributed by atoms with E-state index in [0.29, 0.717) is 22.6 Å². The first-order chi connectivity index (χ1) is 9.62. The molecular weight excluding hydrogens is 376 g/mol. The molecule has 1 fully saturated rings. The molecule has 1 aromatic carbocycles. The van der Waals surface area contributed by atoms with Crippen LogP contribution < -0.4 is 0 Å². The summed E-state index contributed by atoms with van der Waals surface area (Å²) in [7, 11) is -3.45. The van der Waals surface area contributed by atoms with Gasteiger partial charge in [0.1, 0.15) is 0 Å². The van der Waals surface area contributed by atoms with Crippen LogP contribution in [0.1, 0.15) is 20.8 Å². The van der Waals surface area contributed by atoms with Crippen molar-refractivity contribution in [1.82, 2.24) is 9.21 Å². The Morgan fingerprint density at radius 1 is 1.14 bits per heavy atom. The van der Waals surface area contributed by atoms with Crippen LogP contribution >= 0.6 is 27.5 Å². The smallest absolute Gasteiger partial charge is 0.243 e. The second-order valence-electron chi connectivity index (χ2n) is 6.14. The molecule has 1 saturated heterocycles. The molecule has 4 nitrogen and oxygen atoms in total. The summed E-state index contributed by atoms with van der Waals surface area (Å²) in [6.07, 6.45) is 0. The fourth-order valence-corrected chi connectivity index (χ4v) is 4.48. The summed E-state index contributed by atoms with van der Waals surface area (Å²) in [6, 6.07) is 4.72. The summed E-state index contributed by atoms with van der Waals surface area (Å²) in [5.74, 6) is 0. The molecule has 0 spiro atoms. The Bertz CT molecular complexity index is 620. The first-order valence-electron chi connectivity index (χ1n) is 6.82. The molecule has 0 amide bonds. The van der Waals surface area contributed by atoms with Crippen molar-refractivity contribution in [2.75, 3.05) is 26.2 Å². The van der Waals surface area contributed by atoms with E-state index in [4.69, 9.17) is 11.6 Å². The molecule has 0 unspecified atom stereocenters. The Morgan fingerprint density at radius 2 is 1.71 bits per heavy atom. The van der Waals surface area contributed by atoms with Crippen molar-refractivity contribution in [2.24, 2.45) is 0 Å². The maximum atomic E-state index is 12.7. The van der Waals surface area contributed by atoms with E-state index in [0.717, 1.165) is 13.1 Å². The molecule has 1 aromatic rings. The largest absolute Gasteiger partial charge is 0.296 e. The van der Waals surface area contributed by atoms with Crippen molar-refractivity contribution in [2.45, 2.75) is 31.2 Å². The van der Waals surface area contributed by atoms with Crippen LogP contribution in [0.2, 0.25) is 5.02 Å². The van der Waals surface area contributed by atoms with Gasteiger partial charge in [-0.2, -0.15) is 4.31 Å². The monoisotopic (exact) mass is 394 g/mol. The van der Waals surface area contributed by atoms with E-state index in [2.05, 4.69) is 41.6 Å². The van der Waals surface area contributed by atoms with Gasteiger partial charge in [-0.15, -0.1) is 0 Å². The van der Waals surface area contributed by atoms with E-state index in [1.807, 2.05) is 0 Å². The van der Waals surface area contributed by atoms with Gasteiger partial charge in [-0.1, -0.05) is 11.6 Å². The zero-order valence-corrected chi connectivity index (χ0v) is 15.6. The summed E-state index contributed by atoms with van der Waals surface area (Å²) in [5.41, 5.74) is 0.0686. The molecule has 0 radical (unpaired) electrons. The van der Waals surface area contributed by atoms with Crippen molar-refractivity contribution in [3.8, 4) is 0 Å². The fourth-order valence-electron chi connectivity index (χ4n) is 2.39. The minimum absolute atomic E-state index is 0.0686. The molecule has 0 aliphatic carbocycles. The highest BCUT2D eigenvalue weighted by Crippen LogP contribution is 2.28. The lowest BCUT2D eigenvalue weighted by Crippen LogP contribution is -2.54. The average Bonchev–Trinajstić information content (AvgIpc) is 2.41. The summed E-state index contributed by atoms with van der Waals surface area (Å²) < 4.78 is 27.4. The molecule has 0 saturated carbocycles. The third-order valence-electron chi connectivity index (χ3n) is 3.72. The summed E-state index contributed by atoms with van der Waals surface area (Å²) >= 11 is 9.20. The maximum Gasteiger partial charge on any atom is 0.243 e. The number of hydrogen-bond donors (Lipinski definition) is 0. The second-order valence-corrected chi connectivity index (χ2v) is 9.34. The number of hydrogen-bond acceptors (Lipinski definition) is 3. The quantitative estimate of drug-likeness (QED) is 0.772. The van der Waals surface area contributed by atoms with Gasteiger partial charge < -0.3 is 0 Å². The first kappa shape index (κ1) is 17.2. The number of benzene rings is 1. The zero-order valence-electron chi connectivity index (χ0n) is 12.4. The van der Waals surface area contributed by atoms with E-state index in [1.165, 1.54) is 0 Å². The van der Waals surface area contributed by atoms with Crippen molar-refractivity contribution in [1.29, 1.82) is 0 Å². The molecule has 0 N–H and O–H groups in total. The van der Waals surface area contributed by atoms with E-state index in [-0.39, 0.29) is 10.4 Å². The minimum Gasteiger partial charge on any atom is -0.296 e. The first-order valence-corrected chi connectivity index (χ1v) is 9.44. The van der Waals surface area contributed by atoms with Crippen LogP contribution in [0.25, 0.3) is 0 Å². The van der Waals surface area contributed by atoms with E-state index < -0.39 is 10.0 Å². The molecule has 0 aromatic heterocycles. The number of sulfonamides is 1. The van der Waals surface area contributed by atoms with Gasteiger partial charge in [0.2, 0.25) is 10.0 Å². The second kappa shape index (κ2) is 6.16. The van der Waals surface area contributed by atoms with Crippen LogP contribution in [0.5, 0.6) is 0 Å². The lowest BCUT2D eigenvalue weighted by Gasteiger charge is -2.41. The number of rotatable bonds is 2. The molecule has 2 rings (SSSR count). The van der Waals surface area contributed by atoms with Crippen LogP contribution in [0.3, 0.4) is 0 Å². The molecule has 1 heterocycles. The van der Waals surface area contributed by atoms with E-state index >= 15 is 0 Å². The average molecular weight is 396 g/mol. The summed E-state index contributed by atoms with van der Waals surface area (Å²) in [6.45, 7) is 8.96. The zero-order chi connectivity index (χ0) is 15.8. The topological polar surface area (TPSA) is 40.6 Å². The lowest BCUT2D eigenvalue weighted by atomic mass is 10.1. The highest BCUT2D eigenvalue weighted by Gasteiger charge is 2.32. The van der Waals surface area contributed by atoms with Crippen molar-refractivity contribution < 1.29 is 8.42 Å². The summed E-state index contributed by atoms with van der Waals surface area (Å²) in [4.78, 5) is 2.58. The number of nitrogens with zero attached hydrogens (tertiary/aromatic N) is 2. The van der Waals surface area contributed by atoms with Gasteiger partial charge in [0.05, 0.1) is 9.92 Å². The Morgan fingerprint density at radius 3 is 2.19 bits per heavy atom. The molecule has 118 valence electrons. The SMILES string of the molecule is CC(C)(C)N1CCN(S(=O)(=O)c2ccc(Cl)c(Br)c2)CC1. The standard InChI is InChI=1S/C14H20BrClN2O2S/c1-14(2,3)17-6-8-18(9-7-17)21(19,20)11-4-5-13(16)12(15)10-11/h4-5,10H,6-9H2,1-3H3. The molecule has 1 aliphatic heterocycles. The third-order valence-corrected chi connectivity index (χ3v) is 6.82. The van der Waals surface area contributed by atoms with Gasteiger partial charge in [-0.05, 0) is 54.9 Å². The van der Waals surface area contributed by atoms with Gasteiger partial charge >= 0.3 is 0 Å². The molecule has 0 bridgehead atoms. The Labute approximate surface area is 140 Å². The highest BCUT2D eigenvalue weighted by atomic mass is 79.9. The maximum absolute atomic E-state index is 12.7. The normalized spacial score (nSPS) is 18.9. The minimum atomic E-state index is -3.45.